The molecule has 0 aliphatic rings. The van der Waals surface area contributed by atoms with Crippen LogP contribution in [0.2, 0.25) is 0 Å². The molecule has 0 radical (unpaired) electrons. The molecule has 0 bridgehead atoms. The summed E-state index contributed by atoms with van der Waals surface area (Å²) in [5.41, 5.74) is 3.33. The quantitative estimate of drug-likeness (QED) is 0.475. The number of hydrogen-bond acceptors (Lipinski definition) is 4. The molecule has 0 spiro atoms. The highest BCUT2D eigenvalue weighted by Gasteiger charge is 2.15. The number of aromatic nitrogens is 4. The van der Waals surface area contributed by atoms with Crippen molar-refractivity contribution in [2.24, 2.45) is 0 Å². The third-order valence-electron chi connectivity index (χ3n) is 4.00. The summed E-state index contributed by atoms with van der Waals surface area (Å²) in [6.45, 7) is 0. The number of benzene rings is 2. The Hall–Kier alpha value is -2.92. The Kier molecular flexibility index (Phi) is 5.07. The monoisotopic (exact) mass is 358 g/mol. The maximum absolute atomic E-state index is 4.47. The minimum atomic E-state index is 0.743. The van der Waals surface area contributed by atoms with Crippen molar-refractivity contribution in [2.75, 3.05) is 0 Å². The Morgan fingerprint density at radius 2 is 1.50 bits per heavy atom. The summed E-state index contributed by atoms with van der Waals surface area (Å²) in [7, 11) is 0. The summed E-state index contributed by atoms with van der Waals surface area (Å²) in [5, 5.41) is 9.81. The molecule has 128 valence electrons. The summed E-state index contributed by atoms with van der Waals surface area (Å²) < 4.78 is 2.14. The zero-order chi connectivity index (χ0) is 17.6. The van der Waals surface area contributed by atoms with E-state index in [1.165, 1.54) is 5.56 Å². The van der Waals surface area contributed by atoms with Crippen LogP contribution in [-0.2, 0) is 12.2 Å². The Labute approximate surface area is 157 Å². The SMILES string of the molecule is c1ccc(Cc2nnc(SCc3ccccn3)n2-c2ccccc2)cc1. The first-order valence-electron chi connectivity index (χ1n) is 8.46. The largest absolute Gasteiger partial charge is 0.274 e. The minimum absolute atomic E-state index is 0.743. The highest BCUT2D eigenvalue weighted by molar-refractivity contribution is 7.98. The molecule has 0 saturated heterocycles. The summed E-state index contributed by atoms with van der Waals surface area (Å²) in [6, 6.07) is 26.6. The molecule has 2 aromatic heterocycles. The normalized spacial score (nSPS) is 10.8. The van der Waals surface area contributed by atoms with E-state index in [1.54, 1.807) is 11.8 Å². The van der Waals surface area contributed by atoms with Gasteiger partial charge in [-0.3, -0.25) is 9.55 Å². The van der Waals surface area contributed by atoms with Gasteiger partial charge in [-0.05, 0) is 29.8 Å². The van der Waals surface area contributed by atoms with Gasteiger partial charge in [0, 0.05) is 24.1 Å². The zero-order valence-corrected chi connectivity index (χ0v) is 15.0. The predicted molar refractivity (Wildman–Crippen MR) is 104 cm³/mol. The molecule has 0 saturated carbocycles. The van der Waals surface area contributed by atoms with Crippen molar-refractivity contribution in [1.82, 2.24) is 19.7 Å². The van der Waals surface area contributed by atoms with E-state index in [-0.39, 0.29) is 0 Å². The molecule has 0 aliphatic carbocycles. The van der Waals surface area contributed by atoms with Gasteiger partial charge in [-0.25, -0.2) is 0 Å². The van der Waals surface area contributed by atoms with Crippen molar-refractivity contribution in [2.45, 2.75) is 17.3 Å². The third kappa shape index (κ3) is 3.83. The molecule has 4 nitrogen and oxygen atoms in total. The number of rotatable bonds is 6. The maximum atomic E-state index is 4.47. The van der Waals surface area contributed by atoms with Crippen molar-refractivity contribution in [1.29, 1.82) is 0 Å². The molecular formula is C21H18N4S. The third-order valence-corrected chi connectivity index (χ3v) is 4.96. The lowest BCUT2D eigenvalue weighted by molar-refractivity contribution is 0.847. The van der Waals surface area contributed by atoms with Crippen LogP contribution in [0.3, 0.4) is 0 Å². The average Bonchev–Trinajstić information content (AvgIpc) is 3.11. The Morgan fingerprint density at radius 3 is 2.23 bits per heavy atom. The lowest BCUT2D eigenvalue weighted by Crippen LogP contribution is -2.03. The maximum Gasteiger partial charge on any atom is 0.196 e. The summed E-state index contributed by atoms with van der Waals surface area (Å²) in [5.74, 6) is 1.70. The first kappa shape index (κ1) is 16.5. The molecule has 4 rings (SSSR count). The van der Waals surface area contributed by atoms with E-state index in [4.69, 9.17) is 0 Å². The molecule has 0 unspecified atom stereocenters. The summed E-state index contributed by atoms with van der Waals surface area (Å²) in [4.78, 5) is 4.39. The van der Waals surface area contributed by atoms with Crippen LogP contribution in [0.25, 0.3) is 5.69 Å². The molecule has 2 heterocycles. The van der Waals surface area contributed by atoms with E-state index in [2.05, 4.69) is 56.1 Å². The lowest BCUT2D eigenvalue weighted by Gasteiger charge is -2.10. The van der Waals surface area contributed by atoms with Gasteiger partial charge in [0.1, 0.15) is 5.82 Å². The van der Waals surface area contributed by atoms with Gasteiger partial charge in [0.25, 0.3) is 0 Å². The van der Waals surface area contributed by atoms with Crippen molar-refractivity contribution in [3.63, 3.8) is 0 Å². The van der Waals surface area contributed by atoms with Crippen molar-refractivity contribution in [3.8, 4) is 5.69 Å². The van der Waals surface area contributed by atoms with Crippen molar-refractivity contribution >= 4 is 11.8 Å². The second-order valence-corrected chi connectivity index (χ2v) is 6.78. The second-order valence-electron chi connectivity index (χ2n) is 5.84. The fourth-order valence-electron chi connectivity index (χ4n) is 2.75. The average molecular weight is 358 g/mol. The molecule has 4 aromatic rings. The van der Waals surface area contributed by atoms with Gasteiger partial charge in [-0.1, -0.05) is 66.4 Å². The lowest BCUT2D eigenvalue weighted by atomic mass is 10.1. The number of para-hydroxylation sites is 1. The van der Waals surface area contributed by atoms with Crippen LogP contribution in [-0.4, -0.2) is 19.7 Å². The fraction of sp³-hybridized carbons (Fsp3) is 0.0952. The first-order valence-corrected chi connectivity index (χ1v) is 9.45. The fourth-order valence-corrected chi connectivity index (χ4v) is 3.63. The topological polar surface area (TPSA) is 43.6 Å². The molecule has 0 N–H and O–H groups in total. The van der Waals surface area contributed by atoms with Gasteiger partial charge in [0.15, 0.2) is 5.16 Å². The Balaban J connectivity index is 1.65. The molecule has 26 heavy (non-hydrogen) atoms. The van der Waals surface area contributed by atoms with Gasteiger partial charge in [-0.15, -0.1) is 10.2 Å². The van der Waals surface area contributed by atoms with E-state index < -0.39 is 0 Å². The smallest absolute Gasteiger partial charge is 0.196 e. The van der Waals surface area contributed by atoms with Crippen molar-refractivity contribution in [3.05, 3.63) is 102 Å². The van der Waals surface area contributed by atoms with E-state index in [0.717, 1.165) is 34.5 Å². The van der Waals surface area contributed by atoms with E-state index >= 15 is 0 Å². The summed E-state index contributed by atoms with van der Waals surface area (Å²) in [6.07, 6.45) is 2.56. The number of pyridine rings is 1. The zero-order valence-electron chi connectivity index (χ0n) is 14.2. The van der Waals surface area contributed by atoms with Crippen LogP contribution in [0.5, 0.6) is 0 Å². The van der Waals surface area contributed by atoms with E-state index in [1.807, 2.05) is 48.7 Å². The minimum Gasteiger partial charge on any atom is -0.274 e. The molecule has 0 fully saturated rings. The first-order chi connectivity index (χ1) is 12.9. The second kappa shape index (κ2) is 7.97. The van der Waals surface area contributed by atoms with Crippen LogP contribution >= 0.6 is 11.8 Å². The molecular weight excluding hydrogens is 340 g/mol. The van der Waals surface area contributed by atoms with E-state index in [9.17, 15) is 0 Å². The van der Waals surface area contributed by atoms with Crippen molar-refractivity contribution < 1.29 is 0 Å². The van der Waals surface area contributed by atoms with Crippen LogP contribution in [0, 0.1) is 0 Å². The van der Waals surface area contributed by atoms with Gasteiger partial charge in [0.2, 0.25) is 0 Å². The van der Waals surface area contributed by atoms with E-state index in [0.29, 0.717) is 0 Å². The molecule has 0 atom stereocenters. The van der Waals surface area contributed by atoms with Gasteiger partial charge in [-0.2, -0.15) is 0 Å². The molecule has 2 aromatic carbocycles. The molecule has 0 aliphatic heterocycles. The van der Waals surface area contributed by atoms with Gasteiger partial charge in [0.05, 0.1) is 5.69 Å². The highest BCUT2D eigenvalue weighted by atomic mass is 32.2. The summed E-state index contributed by atoms with van der Waals surface area (Å²) >= 11 is 1.65. The molecule has 0 amide bonds. The highest BCUT2D eigenvalue weighted by Crippen LogP contribution is 2.25. The Morgan fingerprint density at radius 1 is 0.769 bits per heavy atom. The number of hydrogen-bond donors (Lipinski definition) is 0. The van der Waals surface area contributed by atoms with Crippen LogP contribution in [0.1, 0.15) is 17.1 Å². The predicted octanol–water partition coefficient (Wildman–Crippen LogP) is 4.55. The standard InChI is InChI=1S/C21H18N4S/c1-3-9-17(10-4-1)15-20-23-24-21(25(20)19-12-5-2-6-13-19)26-16-18-11-7-8-14-22-18/h1-14H,15-16H2. The van der Waals surface area contributed by atoms with Crippen LogP contribution in [0.4, 0.5) is 0 Å². The molecule has 5 heteroatoms. The van der Waals surface area contributed by atoms with Crippen LogP contribution < -0.4 is 0 Å². The number of nitrogens with zero attached hydrogens (tertiary/aromatic N) is 4. The Bertz CT molecular complexity index is 953. The van der Waals surface area contributed by atoms with Gasteiger partial charge < -0.3 is 0 Å². The van der Waals surface area contributed by atoms with Crippen LogP contribution in [0.15, 0.2) is 90.2 Å². The van der Waals surface area contributed by atoms with Gasteiger partial charge >= 0.3 is 0 Å². The number of thioether (sulfide) groups is 1.